The fourth-order valence-corrected chi connectivity index (χ4v) is 6.08. The number of benzene rings is 3. The minimum Gasteiger partial charge on any atom is -0.508 e. The molecule has 0 heterocycles. The van der Waals surface area contributed by atoms with E-state index >= 15 is 0 Å². The van der Waals surface area contributed by atoms with Crippen molar-refractivity contribution in [2.45, 2.75) is 73.0 Å². The second kappa shape index (κ2) is 13.6. The summed E-state index contributed by atoms with van der Waals surface area (Å²) in [4.78, 5) is 12.4. The van der Waals surface area contributed by atoms with Crippen molar-refractivity contribution in [3.8, 4) is 17.2 Å². The van der Waals surface area contributed by atoms with Crippen molar-refractivity contribution in [3.63, 3.8) is 0 Å². The first-order valence-electron chi connectivity index (χ1n) is 13.3. The van der Waals surface area contributed by atoms with E-state index in [1.54, 1.807) is 51.1 Å². The van der Waals surface area contributed by atoms with Gasteiger partial charge in [-0.1, -0.05) is 37.6 Å². The molecule has 3 rings (SSSR count). The molecule has 2 atom stereocenters. The van der Waals surface area contributed by atoms with Gasteiger partial charge in [0, 0.05) is 5.02 Å². The zero-order chi connectivity index (χ0) is 29.6. The van der Waals surface area contributed by atoms with E-state index in [-0.39, 0.29) is 18.4 Å². The number of aromatic hydroxyl groups is 1. The second-order valence-corrected chi connectivity index (χ2v) is 13.1. The van der Waals surface area contributed by atoms with Crippen LogP contribution >= 0.6 is 19.1 Å². The fraction of sp³-hybridized carbons (Fsp3) is 0.387. The topological polar surface area (TPSA) is 94.1 Å². The van der Waals surface area contributed by atoms with E-state index in [0.717, 1.165) is 27.8 Å². The smallest absolute Gasteiger partial charge is 0.354 e. The molecule has 0 aromatic heterocycles. The van der Waals surface area contributed by atoms with Crippen LogP contribution < -0.4 is 14.3 Å². The Bertz CT molecular complexity index is 1350. The molecule has 7 nitrogen and oxygen atoms in total. The molecule has 0 aliphatic heterocycles. The third-order valence-electron chi connectivity index (χ3n) is 6.33. The van der Waals surface area contributed by atoms with E-state index in [0.29, 0.717) is 28.7 Å². The monoisotopic (exact) mass is 587 g/mol. The number of phenols is 1. The first-order valence-corrected chi connectivity index (χ1v) is 15.5. The first-order chi connectivity index (χ1) is 18.8. The van der Waals surface area contributed by atoms with Crippen LogP contribution in [0.4, 0.5) is 0 Å². The molecule has 3 aromatic carbocycles. The Morgan fingerprint density at radius 2 is 1.57 bits per heavy atom. The molecule has 1 unspecified atom stereocenters. The van der Waals surface area contributed by atoms with Gasteiger partial charge in [0.2, 0.25) is 0 Å². The maximum absolute atomic E-state index is 13.9. The number of esters is 1. The molecule has 3 aromatic rings. The summed E-state index contributed by atoms with van der Waals surface area (Å²) < 4.78 is 31.0. The number of aryl methyl sites for hydroxylation is 2. The maximum atomic E-state index is 13.9. The number of ether oxygens (including phenoxy) is 2. The summed E-state index contributed by atoms with van der Waals surface area (Å²) in [7, 11) is -3.73. The minimum absolute atomic E-state index is 0.215. The number of hydrogen-bond acceptors (Lipinski definition) is 6. The largest absolute Gasteiger partial charge is 0.508 e. The van der Waals surface area contributed by atoms with Crippen LogP contribution in [0.15, 0.2) is 54.6 Å². The Morgan fingerprint density at radius 3 is 2.15 bits per heavy atom. The Morgan fingerprint density at radius 1 is 0.950 bits per heavy atom. The average Bonchev–Trinajstić information content (AvgIpc) is 2.86. The van der Waals surface area contributed by atoms with Crippen LogP contribution in [-0.2, 0) is 20.5 Å². The Kier molecular flexibility index (Phi) is 10.7. The fourth-order valence-electron chi connectivity index (χ4n) is 4.29. The highest BCUT2D eigenvalue weighted by Crippen LogP contribution is 2.44. The van der Waals surface area contributed by atoms with Crippen molar-refractivity contribution >= 4 is 25.1 Å². The number of rotatable bonds is 12. The second-order valence-electron chi connectivity index (χ2n) is 10.6. The van der Waals surface area contributed by atoms with Crippen LogP contribution in [-0.4, -0.2) is 29.6 Å². The number of nitrogens with one attached hydrogen (secondary N) is 1. The molecule has 0 aliphatic carbocycles. The van der Waals surface area contributed by atoms with Crippen LogP contribution in [0, 0.1) is 13.8 Å². The van der Waals surface area contributed by atoms with E-state index in [1.165, 1.54) is 0 Å². The molecular formula is C31H39ClNO6P. The summed E-state index contributed by atoms with van der Waals surface area (Å²) >= 11 is 5.98. The quantitative estimate of drug-likeness (QED) is 0.164. The van der Waals surface area contributed by atoms with Crippen molar-refractivity contribution in [2.75, 3.05) is 6.35 Å². The number of carbonyl (C=O) groups excluding carboxylic acids is 1. The maximum Gasteiger partial charge on any atom is 0.354 e. The molecule has 0 saturated heterocycles. The highest BCUT2D eigenvalue weighted by atomic mass is 35.5. The van der Waals surface area contributed by atoms with Crippen LogP contribution in [0.3, 0.4) is 0 Å². The van der Waals surface area contributed by atoms with Gasteiger partial charge >= 0.3 is 13.5 Å². The molecule has 40 heavy (non-hydrogen) atoms. The van der Waals surface area contributed by atoms with E-state index in [2.05, 4.69) is 18.9 Å². The summed E-state index contributed by atoms with van der Waals surface area (Å²) in [6, 6.07) is 15.1. The average molecular weight is 588 g/mol. The predicted molar refractivity (Wildman–Crippen MR) is 160 cm³/mol. The Labute approximate surface area is 242 Å². The van der Waals surface area contributed by atoms with Crippen molar-refractivity contribution in [1.82, 2.24) is 5.09 Å². The first kappa shape index (κ1) is 31.5. The lowest BCUT2D eigenvalue weighted by atomic mass is 9.93. The number of halogens is 1. The molecular weight excluding hydrogens is 549 g/mol. The van der Waals surface area contributed by atoms with Crippen LogP contribution in [0.2, 0.25) is 5.02 Å². The van der Waals surface area contributed by atoms with Gasteiger partial charge in [-0.05, 0) is 117 Å². The molecule has 2 N–H and O–H groups in total. The number of phenolic OH excluding ortho intramolecular Hbond substituents is 1. The minimum atomic E-state index is -3.73. The summed E-state index contributed by atoms with van der Waals surface area (Å²) in [6.07, 6.45) is 0.0725. The van der Waals surface area contributed by atoms with Crippen molar-refractivity contribution in [1.29, 1.82) is 0 Å². The molecule has 0 spiro atoms. The summed E-state index contributed by atoms with van der Waals surface area (Å²) in [5, 5.41) is 13.5. The normalized spacial score (nSPS) is 13.7. The van der Waals surface area contributed by atoms with Gasteiger partial charge in [-0.25, -0.2) is 5.09 Å². The number of hydrogen-bond donors (Lipinski definition) is 2. The third-order valence-corrected chi connectivity index (χ3v) is 8.34. The van der Waals surface area contributed by atoms with Gasteiger partial charge in [0.25, 0.3) is 0 Å². The van der Waals surface area contributed by atoms with Crippen LogP contribution in [0.1, 0.15) is 68.4 Å². The summed E-state index contributed by atoms with van der Waals surface area (Å²) in [5.41, 5.74) is 5.21. The SMILES string of the molecule is Cc1cc(OCP(=O)(N[C@@H](C)C(=O)OC(C)C)Oc2ccc(Cl)cc2)cc(C)c1Cc1ccc(O)c(C(C)C)c1. The lowest BCUT2D eigenvalue weighted by Crippen LogP contribution is -2.36. The molecule has 0 amide bonds. The summed E-state index contributed by atoms with van der Waals surface area (Å²) in [6.45, 7) is 13.2. The highest BCUT2D eigenvalue weighted by Gasteiger charge is 2.32. The molecule has 0 aliphatic rings. The Balaban J connectivity index is 1.80. The zero-order valence-corrected chi connectivity index (χ0v) is 25.8. The Hall–Kier alpha value is -2.99. The third kappa shape index (κ3) is 8.76. The van der Waals surface area contributed by atoms with Crippen molar-refractivity contribution in [2.24, 2.45) is 0 Å². The van der Waals surface area contributed by atoms with Crippen molar-refractivity contribution in [3.05, 3.63) is 87.4 Å². The van der Waals surface area contributed by atoms with E-state index in [9.17, 15) is 14.5 Å². The van der Waals surface area contributed by atoms with E-state index in [1.807, 2.05) is 38.1 Å². The van der Waals surface area contributed by atoms with E-state index < -0.39 is 19.5 Å². The molecule has 0 radical (unpaired) electrons. The molecule has 216 valence electrons. The molecule has 9 heteroatoms. The standard InChI is InChI=1S/C31H39ClNO6P/c1-19(2)28-16-24(8-13-30(28)34)17-29-21(5)14-27(15-22(29)6)37-18-40(36,33-23(7)31(35)38-20(3)4)39-26-11-9-25(32)10-12-26/h8-16,19-20,23,34H,17-18H2,1-7H3,(H,33,36)/t23-,40?/m0/s1. The lowest BCUT2D eigenvalue weighted by molar-refractivity contribution is -0.149. The zero-order valence-electron chi connectivity index (χ0n) is 24.2. The van der Waals surface area contributed by atoms with E-state index in [4.69, 9.17) is 25.6 Å². The van der Waals surface area contributed by atoms with Crippen LogP contribution in [0.25, 0.3) is 0 Å². The van der Waals surface area contributed by atoms with Gasteiger partial charge in [-0.3, -0.25) is 9.36 Å². The lowest BCUT2D eigenvalue weighted by Gasteiger charge is -2.24. The molecule has 0 fully saturated rings. The van der Waals surface area contributed by atoms with Crippen LogP contribution in [0.5, 0.6) is 17.2 Å². The molecule has 0 bridgehead atoms. The number of carbonyl (C=O) groups is 1. The highest BCUT2D eigenvalue weighted by molar-refractivity contribution is 7.57. The molecule has 0 saturated carbocycles. The van der Waals surface area contributed by atoms with Gasteiger partial charge in [-0.15, -0.1) is 0 Å². The van der Waals surface area contributed by atoms with Gasteiger partial charge in [0.15, 0.2) is 6.35 Å². The van der Waals surface area contributed by atoms with Gasteiger partial charge in [0.1, 0.15) is 23.3 Å². The van der Waals surface area contributed by atoms with Gasteiger partial charge in [-0.2, -0.15) is 0 Å². The summed E-state index contributed by atoms with van der Waals surface area (Å²) in [5.74, 6) is 0.840. The predicted octanol–water partition coefficient (Wildman–Crippen LogP) is 7.91. The van der Waals surface area contributed by atoms with Gasteiger partial charge in [0.05, 0.1) is 6.10 Å². The van der Waals surface area contributed by atoms with Gasteiger partial charge < -0.3 is 19.1 Å². The van der Waals surface area contributed by atoms with Crippen molar-refractivity contribution < 1.29 is 28.5 Å².